The Bertz CT molecular complexity index is 1650. The van der Waals surface area contributed by atoms with Crippen LogP contribution in [0.5, 0.6) is 11.5 Å². The number of benzene rings is 1. The van der Waals surface area contributed by atoms with Gasteiger partial charge in [0, 0.05) is 25.1 Å². The molecule has 5 rings (SSSR count). The fourth-order valence-corrected chi connectivity index (χ4v) is 3.83. The van der Waals surface area contributed by atoms with Crippen LogP contribution in [-0.2, 0) is 13.1 Å². The van der Waals surface area contributed by atoms with Crippen molar-refractivity contribution in [1.29, 1.82) is 0 Å². The van der Waals surface area contributed by atoms with E-state index in [2.05, 4.69) is 50.7 Å². The molecule has 41 heavy (non-hydrogen) atoms. The largest absolute Gasteiger partial charge is 0.435 e. The summed E-state index contributed by atoms with van der Waals surface area (Å²) in [5.74, 6) is -1.12. The van der Waals surface area contributed by atoms with Gasteiger partial charge in [-0.1, -0.05) is 0 Å². The second kappa shape index (κ2) is 11.9. The SMILES string of the molecule is CNCCn1nnc(Cn2cc(NC(=O)c3cnn4cccnc34)c(-c3cc(OC(F)F)ccc3OC(F)F)n2)n1. The average molecular weight is 575 g/mol. The zero-order valence-corrected chi connectivity index (χ0v) is 21.2. The maximum Gasteiger partial charge on any atom is 0.387 e. The molecule has 4 heterocycles. The van der Waals surface area contributed by atoms with Crippen molar-refractivity contribution in [2.75, 3.05) is 18.9 Å². The van der Waals surface area contributed by atoms with E-state index >= 15 is 0 Å². The molecule has 214 valence electrons. The second-order valence-electron chi connectivity index (χ2n) is 8.31. The van der Waals surface area contributed by atoms with E-state index in [0.717, 1.165) is 18.2 Å². The summed E-state index contributed by atoms with van der Waals surface area (Å²) < 4.78 is 64.1. The summed E-state index contributed by atoms with van der Waals surface area (Å²) >= 11 is 0. The molecule has 5 aromatic rings. The highest BCUT2D eigenvalue weighted by Crippen LogP contribution is 2.38. The van der Waals surface area contributed by atoms with E-state index in [-0.39, 0.29) is 46.3 Å². The van der Waals surface area contributed by atoms with Gasteiger partial charge in [-0.2, -0.15) is 32.6 Å². The van der Waals surface area contributed by atoms with Crippen molar-refractivity contribution in [3.05, 3.63) is 60.4 Å². The van der Waals surface area contributed by atoms with Gasteiger partial charge in [-0.25, -0.2) is 9.50 Å². The fourth-order valence-electron chi connectivity index (χ4n) is 3.83. The number of tetrazole rings is 1. The van der Waals surface area contributed by atoms with Crippen LogP contribution in [0.3, 0.4) is 0 Å². The lowest BCUT2D eigenvalue weighted by molar-refractivity contribution is -0.0526. The first-order valence-electron chi connectivity index (χ1n) is 11.9. The highest BCUT2D eigenvalue weighted by atomic mass is 19.3. The number of ether oxygens (including phenoxy) is 2. The molecule has 18 heteroatoms. The zero-order chi connectivity index (χ0) is 28.9. The molecule has 14 nitrogen and oxygen atoms in total. The predicted molar refractivity (Wildman–Crippen MR) is 133 cm³/mol. The first-order valence-corrected chi connectivity index (χ1v) is 11.9. The topological polar surface area (TPSA) is 151 Å². The van der Waals surface area contributed by atoms with Crippen LogP contribution in [0, 0.1) is 0 Å². The summed E-state index contributed by atoms with van der Waals surface area (Å²) in [4.78, 5) is 18.8. The Kier molecular flexibility index (Phi) is 7.99. The van der Waals surface area contributed by atoms with Crippen LogP contribution in [0.25, 0.3) is 16.9 Å². The lowest BCUT2D eigenvalue weighted by Gasteiger charge is -2.13. The summed E-state index contributed by atoms with van der Waals surface area (Å²) in [6.45, 7) is -5.40. The Labute approximate surface area is 227 Å². The van der Waals surface area contributed by atoms with Gasteiger partial charge in [-0.15, -0.1) is 10.2 Å². The molecule has 0 spiro atoms. The lowest BCUT2D eigenvalue weighted by Crippen LogP contribution is -2.16. The molecule has 0 saturated heterocycles. The smallest absolute Gasteiger partial charge is 0.387 e. The zero-order valence-electron chi connectivity index (χ0n) is 21.2. The number of nitrogens with zero attached hydrogens (tertiary/aromatic N) is 9. The number of hydrogen-bond acceptors (Lipinski definition) is 10. The molecule has 0 aliphatic rings. The van der Waals surface area contributed by atoms with Crippen molar-refractivity contribution in [3.8, 4) is 22.8 Å². The number of carbonyl (C=O) groups is 1. The van der Waals surface area contributed by atoms with Gasteiger partial charge in [-0.05, 0) is 36.5 Å². The summed E-state index contributed by atoms with van der Waals surface area (Å²) in [6.07, 6.45) is 5.78. The van der Waals surface area contributed by atoms with Gasteiger partial charge >= 0.3 is 13.2 Å². The molecular weight excluding hydrogens is 554 g/mol. The minimum atomic E-state index is -3.24. The highest BCUT2D eigenvalue weighted by molar-refractivity contribution is 6.09. The first kappa shape index (κ1) is 27.4. The number of fused-ring (bicyclic) bond motifs is 1. The molecule has 0 bridgehead atoms. The number of rotatable bonds is 12. The second-order valence-corrected chi connectivity index (χ2v) is 8.31. The Morgan fingerprint density at radius 2 is 1.95 bits per heavy atom. The van der Waals surface area contributed by atoms with Crippen molar-refractivity contribution in [1.82, 2.24) is 49.9 Å². The molecule has 1 amide bonds. The Morgan fingerprint density at radius 1 is 1.12 bits per heavy atom. The van der Waals surface area contributed by atoms with Crippen molar-refractivity contribution < 1.29 is 31.8 Å². The minimum absolute atomic E-state index is 0.0288. The maximum absolute atomic E-state index is 13.3. The maximum atomic E-state index is 13.3. The molecule has 0 fully saturated rings. The van der Waals surface area contributed by atoms with E-state index in [1.165, 1.54) is 32.6 Å². The molecule has 4 aromatic heterocycles. The number of carbonyl (C=O) groups excluding carboxylic acids is 1. The molecule has 0 atom stereocenters. The minimum Gasteiger partial charge on any atom is -0.435 e. The fraction of sp³-hybridized carbons (Fsp3) is 0.261. The molecule has 1 aromatic carbocycles. The Balaban J connectivity index is 1.55. The van der Waals surface area contributed by atoms with Gasteiger partial charge in [-0.3, -0.25) is 9.48 Å². The normalized spacial score (nSPS) is 11.5. The Morgan fingerprint density at radius 3 is 2.73 bits per heavy atom. The van der Waals surface area contributed by atoms with Crippen LogP contribution >= 0.6 is 0 Å². The van der Waals surface area contributed by atoms with Crippen molar-refractivity contribution in [2.45, 2.75) is 26.3 Å². The Hall–Kier alpha value is -5.13. The van der Waals surface area contributed by atoms with E-state index in [1.54, 1.807) is 19.3 Å². The van der Waals surface area contributed by atoms with Gasteiger partial charge in [0.2, 0.25) is 0 Å². The molecule has 0 aliphatic heterocycles. The number of alkyl halides is 4. The van der Waals surface area contributed by atoms with Crippen LogP contribution < -0.4 is 20.1 Å². The van der Waals surface area contributed by atoms with Crippen LogP contribution in [-0.4, -0.2) is 77.3 Å². The van der Waals surface area contributed by atoms with E-state index in [9.17, 15) is 22.4 Å². The molecule has 0 unspecified atom stereocenters. The molecule has 0 saturated carbocycles. The number of anilines is 1. The van der Waals surface area contributed by atoms with Gasteiger partial charge in [0.25, 0.3) is 5.91 Å². The van der Waals surface area contributed by atoms with Gasteiger partial charge in [0.15, 0.2) is 11.5 Å². The third-order valence-corrected chi connectivity index (χ3v) is 5.54. The van der Waals surface area contributed by atoms with Crippen LogP contribution in [0.1, 0.15) is 16.2 Å². The third kappa shape index (κ3) is 6.38. The number of hydrogen-bond donors (Lipinski definition) is 2. The van der Waals surface area contributed by atoms with Gasteiger partial charge in [0.05, 0.1) is 24.0 Å². The number of likely N-dealkylation sites (N-methyl/N-ethyl adjacent to an activating group) is 1. The number of nitrogens with one attached hydrogen (secondary N) is 2. The summed E-state index contributed by atoms with van der Waals surface area (Å²) in [5.41, 5.74) is 0.163. The summed E-state index contributed by atoms with van der Waals surface area (Å²) in [7, 11) is 1.77. The van der Waals surface area contributed by atoms with Gasteiger partial charge < -0.3 is 20.1 Å². The molecular formula is C23H21F4N11O3. The first-order chi connectivity index (χ1) is 19.8. The van der Waals surface area contributed by atoms with Crippen LogP contribution in [0.4, 0.5) is 23.2 Å². The highest BCUT2D eigenvalue weighted by Gasteiger charge is 2.23. The number of amides is 1. The monoisotopic (exact) mass is 575 g/mol. The van der Waals surface area contributed by atoms with Crippen molar-refractivity contribution in [3.63, 3.8) is 0 Å². The van der Waals surface area contributed by atoms with Crippen LogP contribution in [0.2, 0.25) is 0 Å². The third-order valence-electron chi connectivity index (χ3n) is 5.54. The quantitative estimate of drug-likeness (QED) is 0.212. The van der Waals surface area contributed by atoms with E-state index in [0.29, 0.717) is 13.1 Å². The molecule has 0 radical (unpaired) electrons. The van der Waals surface area contributed by atoms with Crippen molar-refractivity contribution >= 4 is 17.2 Å². The summed E-state index contributed by atoms with van der Waals surface area (Å²) in [6, 6.07) is 4.76. The van der Waals surface area contributed by atoms with Gasteiger partial charge in [0.1, 0.15) is 29.3 Å². The number of aromatic nitrogens is 9. The summed E-state index contributed by atoms with van der Waals surface area (Å²) in [5, 5.41) is 26.3. The van der Waals surface area contributed by atoms with Crippen molar-refractivity contribution in [2.24, 2.45) is 0 Å². The number of halogens is 4. The van der Waals surface area contributed by atoms with Crippen LogP contribution in [0.15, 0.2) is 49.1 Å². The van der Waals surface area contributed by atoms with E-state index < -0.39 is 24.9 Å². The molecule has 2 N–H and O–H groups in total. The molecule has 0 aliphatic carbocycles. The lowest BCUT2D eigenvalue weighted by atomic mass is 10.1. The average Bonchev–Trinajstić information content (AvgIpc) is 3.66. The standard InChI is InChI=1S/C23H21F4N11O3/c1-28-6-8-38-33-18(32-35-38)12-36-11-16(31-21(39)15-10-30-37-7-2-5-29-20(15)37)19(34-36)14-9-13(40-22(24)25)3-4-17(14)41-23(26)27/h2-5,7,9-11,22-23,28H,6,8,12H2,1H3,(H,31,39). The van der Waals surface area contributed by atoms with E-state index in [1.807, 2.05) is 0 Å². The van der Waals surface area contributed by atoms with E-state index in [4.69, 9.17) is 0 Å². The predicted octanol–water partition coefficient (Wildman–Crippen LogP) is 2.30.